The van der Waals surface area contributed by atoms with Crippen molar-refractivity contribution in [3.8, 4) is 5.75 Å². The van der Waals surface area contributed by atoms with Gasteiger partial charge in [-0.2, -0.15) is 0 Å². The van der Waals surface area contributed by atoms with Crippen molar-refractivity contribution < 1.29 is 24.5 Å². The van der Waals surface area contributed by atoms with Crippen LogP contribution in [0.4, 0.5) is 0 Å². The number of nitrogens with one attached hydrogen (secondary N) is 1. The maximum absolute atomic E-state index is 12.4. The number of benzene rings is 1. The molecule has 0 aliphatic carbocycles. The Morgan fingerprint density at radius 1 is 1.35 bits per heavy atom. The van der Waals surface area contributed by atoms with Gasteiger partial charge in [-0.3, -0.25) is 4.79 Å². The lowest BCUT2D eigenvalue weighted by molar-refractivity contribution is -0.140. The van der Waals surface area contributed by atoms with Crippen molar-refractivity contribution in [3.63, 3.8) is 0 Å². The highest BCUT2D eigenvalue weighted by Gasteiger charge is 2.28. The maximum Gasteiger partial charge on any atom is 0.326 e. The molecule has 0 aromatic heterocycles. The first-order valence-electron chi connectivity index (χ1n) is 7.22. The molecule has 23 heavy (non-hydrogen) atoms. The van der Waals surface area contributed by atoms with Crippen LogP contribution in [0.2, 0.25) is 0 Å². The van der Waals surface area contributed by atoms with Crippen molar-refractivity contribution in [1.82, 2.24) is 5.32 Å². The number of carbonyl (C=O) groups is 2. The van der Waals surface area contributed by atoms with Crippen molar-refractivity contribution >= 4 is 27.8 Å². The van der Waals surface area contributed by atoms with E-state index in [1.54, 1.807) is 18.2 Å². The van der Waals surface area contributed by atoms with E-state index in [-0.39, 0.29) is 18.1 Å². The highest BCUT2D eigenvalue weighted by atomic mass is 79.9. The normalized spacial score (nSPS) is 12.8. The minimum Gasteiger partial charge on any atom is -0.490 e. The largest absolute Gasteiger partial charge is 0.490 e. The molecule has 0 heterocycles. The molecular formula is C16H22BrNO5. The second-order valence-electron chi connectivity index (χ2n) is 6.19. The highest BCUT2D eigenvalue weighted by molar-refractivity contribution is 9.10. The van der Waals surface area contributed by atoms with E-state index in [2.05, 4.69) is 21.2 Å². The van der Waals surface area contributed by atoms with E-state index < -0.39 is 23.5 Å². The second-order valence-corrected chi connectivity index (χ2v) is 7.10. The van der Waals surface area contributed by atoms with Gasteiger partial charge in [-0.1, -0.05) is 15.9 Å². The number of ether oxygens (including phenoxy) is 1. The molecular weight excluding hydrogens is 366 g/mol. The van der Waals surface area contributed by atoms with Crippen LogP contribution in [0.1, 0.15) is 44.5 Å². The van der Waals surface area contributed by atoms with Crippen LogP contribution in [0, 0.1) is 0 Å². The highest BCUT2D eigenvalue weighted by Crippen LogP contribution is 2.25. The molecule has 1 unspecified atom stereocenters. The van der Waals surface area contributed by atoms with Crippen molar-refractivity contribution in [2.75, 3.05) is 0 Å². The van der Waals surface area contributed by atoms with E-state index >= 15 is 0 Å². The van der Waals surface area contributed by atoms with Gasteiger partial charge in [0.1, 0.15) is 11.8 Å². The van der Waals surface area contributed by atoms with Gasteiger partial charge >= 0.3 is 5.97 Å². The Labute approximate surface area is 144 Å². The topological polar surface area (TPSA) is 95.9 Å². The number of amides is 1. The third-order valence-electron chi connectivity index (χ3n) is 2.86. The van der Waals surface area contributed by atoms with Gasteiger partial charge in [0.05, 0.1) is 17.3 Å². The average Bonchev–Trinajstić information content (AvgIpc) is 2.35. The molecule has 7 heteroatoms. The van der Waals surface area contributed by atoms with E-state index in [9.17, 15) is 19.8 Å². The number of carboxylic acids is 1. The Balaban J connectivity index is 3.01. The lowest BCUT2D eigenvalue weighted by Gasteiger charge is -2.23. The third-order valence-corrected chi connectivity index (χ3v) is 3.35. The van der Waals surface area contributed by atoms with Crippen LogP contribution in [-0.2, 0) is 4.79 Å². The molecule has 0 saturated carbocycles. The second kappa shape index (κ2) is 7.79. The number of aliphatic carboxylic acids is 1. The molecule has 0 aliphatic heterocycles. The first-order valence-corrected chi connectivity index (χ1v) is 8.01. The Morgan fingerprint density at radius 3 is 2.43 bits per heavy atom. The molecule has 6 nitrogen and oxygen atoms in total. The number of rotatable bonds is 7. The Bertz CT molecular complexity index is 580. The fourth-order valence-corrected chi connectivity index (χ4v) is 2.31. The summed E-state index contributed by atoms with van der Waals surface area (Å²) in [7, 11) is 0. The monoisotopic (exact) mass is 387 g/mol. The van der Waals surface area contributed by atoms with Crippen LogP contribution in [-0.4, -0.2) is 39.8 Å². The Hall–Kier alpha value is -1.60. The summed E-state index contributed by atoms with van der Waals surface area (Å²) in [5, 5.41) is 21.4. The van der Waals surface area contributed by atoms with Gasteiger partial charge in [0.15, 0.2) is 0 Å². The van der Waals surface area contributed by atoms with Gasteiger partial charge in [0.2, 0.25) is 0 Å². The molecule has 1 amide bonds. The minimum absolute atomic E-state index is 0.106. The summed E-state index contributed by atoms with van der Waals surface area (Å²) in [6, 6.07) is 3.69. The summed E-state index contributed by atoms with van der Waals surface area (Å²) in [5.74, 6) is -1.41. The Kier molecular flexibility index (Phi) is 6.58. The smallest absolute Gasteiger partial charge is 0.326 e. The molecule has 1 atom stereocenters. The Morgan fingerprint density at radius 2 is 1.96 bits per heavy atom. The number of hydrogen-bond acceptors (Lipinski definition) is 4. The molecule has 1 rings (SSSR count). The van der Waals surface area contributed by atoms with Gasteiger partial charge in [0.25, 0.3) is 5.91 Å². The van der Waals surface area contributed by atoms with Crippen LogP contribution in [0.5, 0.6) is 5.75 Å². The van der Waals surface area contributed by atoms with E-state index in [0.717, 1.165) is 4.47 Å². The maximum atomic E-state index is 12.4. The molecule has 0 bridgehead atoms. The molecule has 128 valence electrons. The summed E-state index contributed by atoms with van der Waals surface area (Å²) in [5.41, 5.74) is -0.975. The van der Waals surface area contributed by atoms with Gasteiger partial charge in [0, 0.05) is 10.9 Å². The molecule has 0 fully saturated rings. The summed E-state index contributed by atoms with van der Waals surface area (Å²) >= 11 is 3.31. The molecule has 0 spiro atoms. The number of hydrogen-bond donors (Lipinski definition) is 3. The summed E-state index contributed by atoms with van der Waals surface area (Å²) in [6.45, 7) is 6.64. The van der Waals surface area contributed by atoms with Crippen molar-refractivity contribution in [2.24, 2.45) is 0 Å². The quantitative estimate of drug-likeness (QED) is 0.667. The summed E-state index contributed by atoms with van der Waals surface area (Å²) in [6.07, 6.45) is -0.243. The van der Waals surface area contributed by atoms with Gasteiger partial charge in [-0.25, -0.2) is 4.79 Å². The van der Waals surface area contributed by atoms with Crippen LogP contribution in [0.3, 0.4) is 0 Å². The standard InChI is InChI=1S/C16H22BrNO5/c1-9(2)23-13-7-10(17)5-6-11(13)14(19)18-12(15(20)21)8-16(3,4)22/h5-7,9,12,22H,8H2,1-4H3,(H,18,19)(H,20,21). The van der Waals surface area contributed by atoms with E-state index in [1.807, 2.05) is 13.8 Å². The van der Waals surface area contributed by atoms with E-state index in [1.165, 1.54) is 13.8 Å². The predicted octanol–water partition coefficient (Wildman–Crippen LogP) is 2.58. The molecule has 1 aromatic rings. The molecule has 0 aliphatic rings. The summed E-state index contributed by atoms with van der Waals surface area (Å²) in [4.78, 5) is 23.7. The third kappa shape index (κ3) is 6.58. The van der Waals surface area contributed by atoms with E-state index in [0.29, 0.717) is 5.75 Å². The lowest BCUT2D eigenvalue weighted by atomic mass is 9.99. The van der Waals surface area contributed by atoms with Crippen LogP contribution in [0.25, 0.3) is 0 Å². The molecule has 0 saturated heterocycles. The number of carboxylic acid groups (broad SMARTS) is 1. The van der Waals surface area contributed by atoms with Crippen LogP contribution in [0.15, 0.2) is 22.7 Å². The number of halogens is 1. The minimum atomic E-state index is -1.21. The number of carbonyl (C=O) groups excluding carboxylic acids is 1. The summed E-state index contributed by atoms with van der Waals surface area (Å²) < 4.78 is 6.35. The molecule has 3 N–H and O–H groups in total. The molecule has 1 aromatic carbocycles. The van der Waals surface area contributed by atoms with Crippen molar-refractivity contribution in [1.29, 1.82) is 0 Å². The van der Waals surface area contributed by atoms with Gasteiger partial charge in [-0.05, 0) is 45.9 Å². The SMILES string of the molecule is CC(C)Oc1cc(Br)ccc1C(=O)NC(CC(C)(C)O)C(=O)O. The fourth-order valence-electron chi connectivity index (χ4n) is 1.97. The first-order chi connectivity index (χ1) is 10.5. The van der Waals surface area contributed by atoms with E-state index in [4.69, 9.17) is 4.74 Å². The zero-order valence-corrected chi connectivity index (χ0v) is 15.2. The van der Waals surface area contributed by atoms with Crippen LogP contribution < -0.4 is 10.1 Å². The van der Waals surface area contributed by atoms with Crippen LogP contribution >= 0.6 is 15.9 Å². The van der Waals surface area contributed by atoms with Gasteiger partial charge < -0.3 is 20.3 Å². The zero-order valence-electron chi connectivity index (χ0n) is 13.6. The fraction of sp³-hybridized carbons (Fsp3) is 0.500. The average molecular weight is 388 g/mol. The number of aliphatic hydroxyl groups is 1. The van der Waals surface area contributed by atoms with Gasteiger partial charge in [-0.15, -0.1) is 0 Å². The molecule has 0 radical (unpaired) electrons. The van der Waals surface area contributed by atoms with Crippen molar-refractivity contribution in [3.05, 3.63) is 28.2 Å². The lowest BCUT2D eigenvalue weighted by Crippen LogP contribution is -2.45. The van der Waals surface area contributed by atoms with Crippen molar-refractivity contribution in [2.45, 2.75) is 51.9 Å². The first kappa shape index (κ1) is 19.4. The zero-order chi connectivity index (χ0) is 17.8. The predicted molar refractivity (Wildman–Crippen MR) is 89.7 cm³/mol.